The lowest BCUT2D eigenvalue weighted by Crippen LogP contribution is -2.37. The van der Waals surface area contributed by atoms with Gasteiger partial charge in [0.2, 0.25) is 0 Å². The molecule has 0 radical (unpaired) electrons. The Morgan fingerprint density at radius 1 is 1.28 bits per heavy atom. The van der Waals surface area contributed by atoms with E-state index in [0.717, 1.165) is 11.1 Å². The second-order valence-corrected chi connectivity index (χ2v) is 4.71. The molecule has 1 aromatic rings. The van der Waals surface area contributed by atoms with Crippen molar-refractivity contribution in [1.82, 2.24) is 0 Å². The van der Waals surface area contributed by atoms with Crippen LogP contribution in [-0.2, 0) is 4.74 Å². The Kier molecular flexibility index (Phi) is 4.52. The van der Waals surface area contributed by atoms with E-state index in [-0.39, 0.29) is 5.78 Å². The van der Waals surface area contributed by atoms with E-state index in [9.17, 15) is 4.79 Å². The van der Waals surface area contributed by atoms with E-state index < -0.39 is 5.60 Å². The number of rotatable bonds is 5. The van der Waals surface area contributed by atoms with Crippen LogP contribution in [0.15, 0.2) is 12.1 Å². The van der Waals surface area contributed by atoms with Gasteiger partial charge in [0.1, 0.15) is 11.4 Å². The molecule has 3 nitrogen and oxygen atoms in total. The summed E-state index contributed by atoms with van der Waals surface area (Å²) in [5.41, 5.74) is 1.90. The van der Waals surface area contributed by atoms with Gasteiger partial charge in [0.15, 0.2) is 5.78 Å². The minimum absolute atomic E-state index is 0.0348. The molecule has 0 aliphatic rings. The summed E-state index contributed by atoms with van der Waals surface area (Å²) < 4.78 is 10.8. The van der Waals surface area contributed by atoms with Crippen LogP contribution in [0.4, 0.5) is 0 Å². The number of ketones is 1. The Hall–Kier alpha value is -1.35. The third kappa shape index (κ3) is 2.41. The average molecular weight is 250 g/mol. The summed E-state index contributed by atoms with van der Waals surface area (Å²) in [5, 5.41) is 0. The largest absolute Gasteiger partial charge is 0.496 e. The van der Waals surface area contributed by atoms with Gasteiger partial charge in [-0.2, -0.15) is 0 Å². The summed E-state index contributed by atoms with van der Waals surface area (Å²) in [6.07, 6.45) is 0.623. The maximum Gasteiger partial charge on any atom is 0.198 e. The van der Waals surface area contributed by atoms with Gasteiger partial charge >= 0.3 is 0 Å². The van der Waals surface area contributed by atoms with Crippen molar-refractivity contribution >= 4 is 5.78 Å². The standard InChI is InChI=1S/C15H22O3/c1-7-15(4,18-6)14(16)12-9-8-10(2)11(3)13(12)17-5/h8-9H,7H2,1-6H3. The van der Waals surface area contributed by atoms with Crippen molar-refractivity contribution in [2.75, 3.05) is 14.2 Å². The van der Waals surface area contributed by atoms with Crippen LogP contribution in [0.25, 0.3) is 0 Å². The van der Waals surface area contributed by atoms with Crippen molar-refractivity contribution < 1.29 is 14.3 Å². The number of hydrogen-bond acceptors (Lipinski definition) is 3. The van der Waals surface area contributed by atoms with Crippen molar-refractivity contribution in [2.24, 2.45) is 0 Å². The van der Waals surface area contributed by atoms with Gasteiger partial charge < -0.3 is 9.47 Å². The molecule has 0 amide bonds. The van der Waals surface area contributed by atoms with Crippen molar-refractivity contribution in [2.45, 2.75) is 39.7 Å². The highest BCUT2D eigenvalue weighted by molar-refractivity contribution is 6.04. The lowest BCUT2D eigenvalue weighted by atomic mass is 9.89. The van der Waals surface area contributed by atoms with Crippen LogP contribution in [0, 0.1) is 13.8 Å². The van der Waals surface area contributed by atoms with E-state index in [2.05, 4.69) is 0 Å². The van der Waals surface area contributed by atoms with Crippen LogP contribution in [0.3, 0.4) is 0 Å². The first-order chi connectivity index (χ1) is 8.41. The molecular formula is C15H22O3. The van der Waals surface area contributed by atoms with Crippen molar-refractivity contribution in [3.63, 3.8) is 0 Å². The number of hydrogen-bond donors (Lipinski definition) is 0. The Labute approximate surface area is 109 Å². The zero-order valence-electron chi connectivity index (χ0n) is 12.1. The Morgan fingerprint density at radius 2 is 1.89 bits per heavy atom. The number of benzene rings is 1. The summed E-state index contributed by atoms with van der Waals surface area (Å²) in [5.74, 6) is 0.615. The van der Waals surface area contributed by atoms with Gasteiger partial charge in [0.25, 0.3) is 0 Å². The SMILES string of the molecule is CCC(C)(OC)C(=O)c1ccc(C)c(C)c1OC. The maximum absolute atomic E-state index is 12.6. The van der Waals surface area contributed by atoms with Crippen LogP contribution < -0.4 is 4.74 Å². The number of methoxy groups -OCH3 is 2. The first-order valence-corrected chi connectivity index (χ1v) is 6.15. The molecule has 1 rings (SSSR count). The predicted octanol–water partition coefficient (Wildman–Crippen LogP) is 3.31. The monoisotopic (exact) mass is 250 g/mol. The van der Waals surface area contributed by atoms with Crippen LogP contribution in [0.2, 0.25) is 0 Å². The van der Waals surface area contributed by atoms with Crippen LogP contribution in [-0.4, -0.2) is 25.6 Å². The molecule has 1 unspecified atom stereocenters. The molecular weight excluding hydrogens is 228 g/mol. The van der Waals surface area contributed by atoms with Crippen LogP contribution >= 0.6 is 0 Å². The Morgan fingerprint density at radius 3 is 2.33 bits per heavy atom. The zero-order valence-corrected chi connectivity index (χ0v) is 12.1. The second kappa shape index (κ2) is 5.53. The van der Waals surface area contributed by atoms with Crippen LogP contribution in [0.5, 0.6) is 5.75 Å². The van der Waals surface area contributed by atoms with Gasteiger partial charge in [-0.15, -0.1) is 0 Å². The third-order valence-corrected chi connectivity index (χ3v) is 3.73. The Balaban J connectivity index is 3.34. The van der Waals surface area contributed by atoms with Gasteiger partial charge in [0.05, 0.1) is 12.7 Å². The number of carbonyl (C=O) groups is 1. The summed E-state index contributed by atoms with van der Waals surface area (Å²) >= 11 is 0. The fourth-order valence-corrected chi connectivity index (χ4v) is 1.91. The summed E-state index contributed by atoms with van der Waals surface area (Å²) in [4.78, 5) is 12.6. The maximum atomic E-state index is 12.6. The molecule has 0 fully saturated rings. The number of ether oxygens (including phenoxy) is 2. The molecule has 0 aliphatic carbocycles. The van der Waals surface area contributed by atoms with Gasteiger partial charge in [-0.25, -0.2) is 0 Å². The lowest BCUT2D eigenvalue weighted by Gasteiger charge is -2.26. The molecule has 0 spiro atoms. The van der Waals surface area contributed by atoms with E-state index in [1.807, 2.05) is 39.8 Å². The van der Waals surface area contributed by atoms with E-state index in [1.54, 1.807) is 14.2 Å². The van der Waals surface area contributed by atoms with Gasteiger partial charge in [-0.05, 0) is 44.4 Å². The normalized spacial score (nSPS) is 14.1. The van der Waals surface area contributed by atoms with E-state index in [1.165, 1.54) is 0 Å². The average Bonchev–Trinajstić information content (AvgIpc) is 2.39. The van der Waals surface area contributed by atoms with Gasteiger partial charge in [-0.3, -0.25) is 4.79 Å². The highest BCUT2D eigenvalue weighted by Crippen LogP contribution is 2.31. The van der Waals surface area contributed by atoms with Gasteiger partial charge in [0, 0.05) is 7.11 Å². The Bertz CT molecular complexity index is 445. The first-order valence-electron chi connectivity index (χ1n) is 6.15. The van der Waals surface area contributed by atoms with Gasteiger partial charge in [-0.1, -0.05) is 13.0 Å². The third-order valence-electron chi connectivity index (χ3n) is 3.73. The molecule has 18 heavy (non-hydrogen) atoms. The summed E-state index contributed by atoms with van der Waals surface area (Å²) in [6.45, 7) is 7.71. The summed E-state index contributed by atoms with van der Waals surface area (Å²) in [6, 6.07) is 3.76. The molecule has 100 valence electrons. The van der Waals surface area contributed by atoms with E-state index in [0.29, 0.717) is 17.7 Å². The fraction of sp³-hybridized carbons (Fsp3) is 0.533. The van der Waals surface area contributed by atoms with E-state index >= 15 is 0 Å². The van der Waals surface area contributed by atoms with Crippen molar-refractivity contribution in [3.8, 4) is 5.75 Å². The fourth-order valence-electron chi connectivity index (χ4n) is 1.91. The lowest BCUT2D eigenvalue weighted by molar-refractivity contribution is 0.0104. The molecule has 1 atom stereocenters. The number of carbonyl (C=O) groups excluding carboxylic acids is 1. The molecule has 3 heteroatoms. The molecule has 0 heterocycles. The molecule has 1 aromatic carbocycles. The van der Waals surface area contributed by atoms with E-state index in [4.69, 9.17) is 9.47 Å². The molecule has 0 aromatic heterocycles. The molecule has 0 aliphatic heterocycles. The van der Waals surface area contributed by atoms with Crippen LogP contribution in [0.1, 0.15) is 41.8 Å². The topological polar surface area (TPSA) is 35.5 Å². The molecule has 0 N–H and O–H groups in total. The zero-order chi connectivity index (χ0) is 13.9. The number of aryl methyl sites for hydroxylation is 1. The highest BCUT2D eigenvalue weighted by atomic mass is 16.5. The quantitative estimate of drug-likeness (QED) is 0.752. The minimum Gasteiger partial charge on any atom is -0.496 e. The minimum atomic E-state index is -0.797. The predicted molar refractivity (Wildman–Crippen MR) is 72.5 cm³/mol. The number of Topliss-reactive ketones (excluding diaryl/α,β-unsaturated/α-hetero) is 1. The smallest absolute Gasteiger partial charge is 0.198 e. The highest BCUT2D eigenvalue weighted by Gasteiger charge is 2.34. The van der Waals surface area contributed by atoms with Crippen molar-refractivity contribution in [3.05, 3.63) is 28.8 Å². The molecule has 0 saturated heterocycles. The molecule has 0 saturated carbocycles. The first kappa shape index (κ1) is 14.7. The summed E-state index contributed by atoms with van der Waals surface area (Å²) in [7, 11) is 3.16. The second-order valence-electron chi connectivity index (χ2n) is 4.71. The molecule has 0 bridgehead atoms. The van der Waals surface area contributed by atoms with Crippen molar-refractivity contribution in [1.29, 1.82) is 0 Å².